The molecule has 3 heteroatoms. The van der Waals surface area contributed by atoms with E-state index in [-0.39, 0.29) is 0 Å². The summed E-state index contributed by atoms with van der Waals surface area (Å²) >= 11 is 0. The minimum atomic E-state index is 0.669. The van der Waals surface area contributed by atoms with Gasteiger partial charge in [-0.05, 0) is 39.3 Å². The predicted molar refractivity (Wildman–Crippen MR) is 75.9 cm³/mol. The quantitative estimate of drug-likeness (QED) is 0.787. The van der Waals surface area contributed by atoms with E-state index >= 15 is 0 Å². The van der Waals surface area contributed by atoms with Crippen molar-refractivity contribution < 1.29 is 4.74 Å². The molecule has 0 aromatic rings. The molecule has 3 nitrogen and oxygen atoms in total. The van der Waals surface area contributed by atoms with Gasteiger partial charge in [-0.3, -0.25) is 0 Å². The van der Waals surface area contributed by atoms with Gasteiger partial charge in [0.05, 0.1) is 6.61 Å². The zero-order valence-corrected chi connectivity index (χ0v) is 12.2. The third-order valence-corrected chi connectivity index (χ3v) is 4.60. The minimum Gasteiger partial charge on any atom is -0.381 e. The summed E-state index contributed by atoms with van der Waals surface area (Å²) in [6.45, 7) is 6.47. The normalized spacial score (nSPS) is 30.2. The van der Waals surface area contributed by atoms with Crippen LogP contribution in [0.3, 0.4) is 0 Å². The molecular weight excluding hydrogens is 224 g/mol. The van der Waals surface area contributed by atoms with Gasteiger partial charge in [0.25, 0.3) is 0 Å². The van der Waals surface area contributed by atoms with E-state index < -0.39 is 0 Å². The Morgan fingerprint density at radius 2 is 2.00 bits per heavy atom. The Kier molecular flexibility index (Phi) is 5.93. The van der Waals surface area contributed by atoms with Crippen LogP contribution in [-0.2, 0) is 4.74 Å². The molecule has 0 bridgehead atoms. The number of rotatable bonds is 6. The number of nitrogens with zero attached hydrogens (tertiary/aromatic N) is 1. The van der Waals surface area contributed by atoms with E-state index in [1.54, 1.807) is 0 Å². The monoisotopic (exact) mass is 254 g/mol. The van der Waals surface area contributed by atoms with Crippen LogP contribution < -0.4 is 5.32 Å². The molecule has 2 rings (SSSR count). The van der Waals surface area contributed by atoms with Gasteiger partial charge < -0.3 is 15.0 Å². The molecule has 0 radical (unpaired) electrons. The summed E-state index contributed by atoms with van der Waals surface area (Å²) in [6.07, 6.45) is 8.06. The standard InChI is InChI=1S/C15H30N2O/c1-3-9-16-15-8-10-18-12-13(15)11-17(2)14-6-4-5-7-14/h13-16H,3-12H2,1-2H3. The first-order valence-electron chi connectivity index (χ1n) is 7.82. The zero-order chi connectivity index (χ0) is 12.8. The third kappa shape index (κ3) is 3.94. The molecule has 0 spiro atoms. The van der Waals surface area contributed by atoms with Crippen molar-refractivity contribution in [3.8, 4) is 0 Å². The summed E-state index contributed by atoms with van der Waals surface area (Å²) in [6, 6.07) is 1.50. The summed E-state index contributed by atoms with van der Waals surface area (Å²) in [7, 11) is 2.31. The van der Waals surface area contributed by atoms with E-state index in [2.05, 4.69) is 24.2 Å². The SMILES string of the molecule is CCCNC1CCOCC1CN(C)C1CCCC1. The summed E-state index contributed by atoms with van der Waals surface area (Å²) in [4.78, 5) is 2.59. The van der Waals surface area contributed by atoms with Gasteiger partial charge in [-0.2, -0.15) is 0 Å². The molecule has 106 valence electrons. The van der Waals surface area contributed by atoms with E-state index in [9.17, 15) is 0 Å². The Morgan fingerprint density at radius 3 is 2.72 bits per heavy atom. The molecule has 2 unspecified atom stereocenters. The molecule has 1 aliphatic carbocycles. The molecule has 1 saturated heterocycles. The second kappa shape index (κ2) is 7.46. The topological polar surface area (TPSA) is 24.5 Å². The second-order valence-electron chi connectivity index (χ2n) is 6.06. The maximum absolute atomic E-state index is 5.69. The molecule has 1 heterocycles. The molecule has 2 atom stereocenters. The molecule has 18 heavy (non-hydrogen) atoms. The van der Waals surface area contributed by atoms with Gasteiger partial charge in [-0.15, -0.1) is 0 Å². The van der Waals surface area contributed by atoms with E-state index in [0.29, 0.717) is 12.0 Å². The first-order chi connectivity index (χ1) is 8.81. The molecule has 0 aromatic carbocycles. The van der Waals surface area contributed by atoms with Crippen molar-refractivity contribution >= 4 is 0 Å². The summed E-state index contributed by atoms with van der Waals surface area (Å²) in [5.74, 6) is 0.677. The van der Waals surface area contributed by atoms with Crippen molar-refractivity contribution in [2.24, 2.45) is 5.92 Å². The van der Waals surface area contributed by atoms with E-state index in [0.717, 1.165) is 25.8 Å². The van der Waals surface area contributed by atoms with Gasteiger partial charge in [0.1, 0.15) is 0 Å². The Balaban J connectivity index is 1.80. The lowest BCUT2D eigenvalue weighted by Crippen LogP contribution is -2.48. The highest BCUT2D eigenvalue weighted by Crippen LogP contribution is 2.24. The molecule has 0 aromatic heterocycles. The summed E-state index contributed by atoms with van der Waals surface area (Å²) < 4.78 is 5.69. The summed E-state index contributed by atoms with van der Waals surface area (Å²) in [5.41, 5.74) is 0. The van der Waals surface area contributed by atoms with Gasteiger partial charge in [-0.25, -0.2) is 0 Å². The van der Waals surface area contributed by atoms with Crippen LogP contribution in [0.25, 0.3) is 0 Å². The highest BCUT2D eigenvalue weighted by Gasteiger charge is 2.28. The average molecular weight is 254 g/mol. The Morgan fingerprint density at radius 1 is 1.22 bits per heavy atom. The van der Waals surface area contributed by atoms with Crippen molar-refractivity contribution in [3.05, 3.63) is 0 Å². The third-order valence-electron chi connectivity index (χ3n) is 4.60. The Labute approximate surface area is 112 Å². The first kappa shape index (κ1) is 14.3. The van der Waals surface area contributed by atoms with Crippen LogP contribution in [0.4, 0.5) is 0 Å². The van der Waals surface area contributed by atoms with Crippen molar-refractivity contribution in [2.45, 2.75) is 57.5 Å². The lowest BCUT2D eigenvalue weighted by Gasteiger charge is -2.36. The fraction of sp³-hybridized carbons (Fsp3) is 1.00. The predicted octanol–water partition coefficient (Wildman–Crippen LogP) is 2.27. The lowest BCUT2D eigenvalue weighted by molar-refractivity contribution is 0.0149. The highest BCUT2D eigenvalue weighted by atomic mass is 16.5. The number of hydrogen-bond donors (Lipinski definition) is 1. The first-order valence-corrected chi connectivity index (χ1v) is 7.82. The average Bonchev–Trinajstić information content (AvgIpc) is 2.91. The molecule has 1 saturated carbocycles. The fourth-order valence-corrected chi connectivity index (χ4v) is 3.44. The number of ether oxygens (including phenoxy) is 1. The van der Waals surface area contributed by atoms with Crippen molar-refractivity contribution in [3.63, 3.8) is 0 Å². The van der Waals surface area contributed by atoms with Crippen LogP contribution in [0, 0.1) is 5.92 Å². The smallest absolute Gasteiger partial charge is 0.0521 e. The van der Waals surface area contributed by atoms with E-state index in [1.807, 2.05) is 0 Å². The van der Waals surface area contributed by atoms with Crippen LogP contribution in [0.2, 0.25) is 0 Å². The molecule has 1 aliphatic heterocycles. The van der Waals surface area contributed by atoms with Crippen molar-refractivity contribution in [2.75, 3.05) is 33.4 Å². The van der Waals surface area contributed by atoms with Crippen LogP contribution >= 0.6 is 0 Å². The van der Waals surface area contributed by atoms with E-state index in [4.69, 9.17) is 4.74 Å². The van der Waals surface area contributed by atoms with Crippen molar-refractivity contribution in [1.29, 1.82) is 0 Å². The molecular formula is C15H30N2O. The van der Waals surface area contributed by atoms with Crippen LogP contribution in [0.1, 0.15) is 45.4 Å². The van der Waals surface area contributed by atoms with Gasteiger partial charge in [0, 0.05) is 31.2 Å². The van der Waals surface area contributed by atoms with E-state index in [1.165, 1.54) is 45.1 Å². The van der Waals surface area contributed by atoms with Gasteiger partial charge >= 0.3 is 0 Å². The Hall–Kier alpha value is -0.120. The Bertz CT molecular complexity index is 229. The fourth-order valence-electron chi connectivity index (χ4n) is 3.44. The second-order valence-corrected chi connectivity index (χ2v) is 6.06. The minimum absolute atomic E-state index is 0.669. The van der Waals surface area contributed by atoms with Gasteiger partial charge in [0.15, 0.2) is 0 Å². The maximum Gasteiger partial charge on any atom is 0.0521 e. The molecule has 2 fully saturated rings. The van der Waals surface area contributed by atoms with Gasteiger partial charge in [0.2, 0.25) is 0 Å². The van der Waals surface area contributed by atoms with Gasteiger partial charge in [-0.1, -0.05) is 19.8 Å². The molecule has 2 aliphatic rings. The van der Waals surface area contributed by atoms with Crippen LogP contribution in [-0.4, -0.2) is 50.3 Å². The van der Waals surface area contributed by atoms with Crippen LogP contribution in [0.5, 0.6) is 0 Å². The highest BCUT2D eigenvalue weighted by molar-refractivity contribution is 4.84. The molecule has 0 amide bonds. The number of hydrogen-bond acceptors (Lipinski definition) is 3. The largest absolute Gasteiger partial charge is 0.381 e. The maximum atomic E-state index is 5.69. The lowest BCUT2D eigenvalue weighted by atomic mass is 9.94. The summed E-state index contributed by atoms with van der Waals surface area (Å²) in [5, 5.41) is 3.71. The van der Waals surface area contributed by atoms with Crippen LogP contribution in [0.15, 0.2) is 0 Å². The number of nitrogens with one attached hydrogen (secondary N) is 1. The molecule has 1 N–H and O–H groups in total. The van der Waals surface area contributed by atoms with Crippen molar-refractivity contribution in [1.82, 2.24) is 10.2 Å². The zero-order valence-electron chi connectivity index (χ0n) is 12.2.